The largest absolute Gasteiger partial charge is 0.323 e. The highest BCUT2D eigenvalue weighted by Gasteiger charge is 2.18. The van der Waals surface area contributed by atoms with E-state index in [1.54, 1.807) is 0 Å². The summed E-state index contributed by atoms with van der Waals surface area (Å²) in [5.41, 5.74) is 2.08. The molecule has 1 aromatic carbocycles. The van der Waals surface area contributed by atoms with E-state index in [4.69, 9.17) is 0 Å². The minimum Gasteiger partial charge on any atom is -0.323 e. The Hall–Kier alpha value is -1.61. The van der Waals surface area contributed by atoms with Gasteiger partial charge in [-0.2, -0.15) is 0 Å². The smallest absolute Gasteiger partial charge is 0.247 e. The summed E-state index contributed by atoms with van der Waals surface area (Å²) in [5, 5.41) is 2.78. The van der Waals surface area contributed by atoms with Crippen LogP contribution in [0.15, 0.2) is 36.9 Å². The summed E-state index contributed by atoms with van der Waals surface area (Å²) < 4.78 is 0.878. The van der Waals surface area contributed by atoms with Crippen molar-refractivity contribution in [2.24, 2.45) is 0 Å². The van der Waals surface area contributed by atoms with Crippen molar-refractivity contribution in [3.63, 3.8) is 0 Å². The number of unbranched alkanes of at least 4 members (excludes halogenated alkanes) is 5. The first-order chi connectivity index (χ1) is 10.5. The zero-order chi connectivity index (χ0) is 16.4. The third kappa shape index (κ3) is 6.44. The number of carbonyl (C=O) groups excluding carboxylic acids is 1. The van der Waals surface area contributed by atoms with Gasteiger partial charge in [-0.15, -0.1) is 0 Å². The topological polar surface area (TPSA) is 29.1 Å². The van der Waals surface area contributed by atoms with Gasteiger partial charge in [-0.3, -0.25) is 9.28 Å². The molecule has 0 saturated carbocycles. The van der Waals surface area contributed by atoms with Gasteiger partial charge in [0.05, 0.1) is 20.6 Å². The maximum atomic E-state index is 11.3. The van der Waals surface area contributed by atoms with Crippen LogP contribution in [0.4, 0.5) is 11.4 Å². The van der Waals surface area contributed by atoms with Gasteiger partial charge in [0.1, 0.15) is 5.69 Å². The fourth-order valence-electron chi connectivity index (χ4n) is 2.56. The Bertz CT molecular complexity index is 463. The fourth-order valence-corrected chi connectivity index (χ4v) is 2.56. The average molecular weight is 303 g/mol. The molecular weight excluding hydrogens is 272 g/mol. The first kappa shape index (κ1) is 18.4. The van der Waals surface area contributed by atoms with E-state index in [0.717, 1.165) is 16.7 Å². The molecule has 0 fully saturated rings. The molecule has 0 bridgehead atoms. The first-order valence-corrected chi connectivity index (χ1v) is 8.36. The molecule has 3 heteroatoms. The van der Waals surface area contributed by atoms with Crippen LogP contribution in [-0.4, -0.2) is 26.5 Å². The third-order valence-electron chi connectivity index (χ3n) is 4.09. The number of nitrogens with one attached hydrogen (secondary N) is 1. The molecule has 1 N–H and O–H groups in total. The second-order valence-electron chi connectivity index (χ2n) is 6.42. The van der Waals surface area contributed by atoms with Crippen LogP contribution in [0, 0.1) is 0 Å². The van der Waals surface area contributed by atoms with Crippen molar-refractivity contribution in [1.29, 1.82) is 0 Å². The summed E-state index contributed by atoms with van der Waals surface area (Å²) in [6.07, 6.45) is 9.22. The molecule has 1 aromatic rings. The van der Waals surface area contributed by atoms with Gasteiger partial charge >= 0.3 is 0 Å². The summed E-state index contributed by atoms with van der Waals surface area (Å²) in [5.74, 6) is -0.173. The van der Waals surface area contributed by atoms with Crippen LogP contribution in [0.25, 0.3) is 0 Å². The Kier molecular flexibility index (Phi) is 7.89. The van der Waals surface area contributed by atoms with Crippen molar-refractivity contribution in [2.45, 2.75) is 45.4 Å². The fraction of sp³-hybridized carbons (Fsp3) is 0.526. The molecule has 0 heterocycles. The van der Waals surface area contributed by atoms with Gasteiger partial charge in [0.15, 0.2) is 0 Å². The van der Waals surface area contributed by atoms with Crippen molar-refractivity contribution in [3.05, 3.63) is 36.9 Å². The van der Waals surface area contributed by atoms with E-state index in [-0.39, 0.29) is 5.91 Å². The normalized spacial score (nSPS) is 11.2. The molecule has 0 spiro atoms. The van der Waals surface area contributed by atoms with Crippen molar-refractivity contribution in [3.8, 4) is 0 Å². The molecule has 3 nitrogen and oxygen atoms in total. The highest BCUT2D eigenvalue weighted by atomic mass is 16.1. The monoisotopic (exact) mass is 303 g/mol. The molecule has 0 atom stereocenters. The lowest BCUT2D eigenvalue weighted by Crippen LogP contribution is -2.41. The maximum absolute atomic E-state index is 11.3. The molecule has 0 aliphatic carbocycles. The Balaban J connectivity index is 2.46. The van der Waals surface area contributed by atoms with E-state index in [2.05, 4.69) is 45.0 Å². The molecule has 0 radical (unpaired) electrons. The summed E-state index contributed by atoms with van der Waals surface area (Å²) >= 11 is 0. The summed E-state index contributed by atoms with van der Waals surface area (Å²) in [6, 6.07) is 8.10. The van der Waals surface area contributed by atoms with Gasteiger partial charge in [-0.1, -0.05) is 39.2 Å². The molecule has 0 saturated heterocycles. The van der Waals surface area contributed by atoms with Crippen LogP contribution in [-0.2, 0) is 4.79 Å². The highest BCUT2D eigenvalue weighted by Crippen LogP contribution is 2.22. The predicted molar refractivity (Wildman–Crippen MR) is 97.2 cm³/mol. The zero-order valence-corrected chi connectivity index (χ0v) is 14.4. The number of hydrogen-bond acceptors (Lipinski definition) is 1. The van der Waals surface area contributed by atoms with Gasteiger partial charge in [-0.25, -0.2) is 0 Å². The summed E-state index contributed by atoms with van der Waals surface area (Å²) in [7, 11) is 4.48. The van der Waals surface area contributed by atoms with Gasteiger partial charge in [0.25, 0.3) is 0 Å². The lowest BCUT2D eigenvalue weighted by molar-refractivity contribution is -0.111. The number of anilines is 1. The lowest BCUT2D eigenvalue weighted by atomic mass is 10.1. The van der Waals surface area contributed by atoms with Crippen LogP contribution in [0.2, 0.25) is 0 Å². The van der Waals surface area contributed by atoms with Crippen LogP contribution in [0.1, 0.15) is 45.4 Å². The summed E-state index contributed by atoms with van der Waals surface area (Å²) in [4.78, 5) is 11.3. The number of rotatable bonds is 10. The second-order valence-corrected chi connectivity index (χ2v) is 6.42. The number of quaternary nitrogens is 1. The van der Waals surface area contributed by atoms with E-state index in [9.17, 15) is 4.79 Å². The maximum Gasteiger partial charge on any atom is 0.247 e. The van der Waals surface area contributed by atoms with E-state index in [1.807, 2.05) is 12.1 Å². The number of nitrogens with zero attached hydrogens (tertiary/aromatic N) is 1. The lowest BCUT2D eigenvalue weighted by Gasteiger charge is -2.29. The quantitative estimate of drug-likeness (QED) is 0.377. The SMILES string of the molecule is C=CC(=O)Nc1ccc([N+](C)(C)CCCCCCCC)cc1. The van der Waals surface area contributed by atoms with E-state index in [0.29, 0.717) is 0 Å². The van der Waals surface area contributed by atoms with Crippen molar-refractivity contribution in [2.75, 3.05) is 26.0 Å². The zero-order valence-electron chi connectivity index (χ0n) is 14.4. The molecule has 0 aromatic heterocycles. The van der Waals surface area contributed by atoms with Crippen molar-refractivity contribution >= 4 is 17.3 Å². The number of carbonyl (C=O) groups is 1. The Morgan fingerprint density at radius 2 is 1.68 bits per heavy atom. The molecule has 0 aliphatic heterocycles. The molecule has 0 unspecified atom stereocenters. The minimum absolute atomic E-state index is 0.173. The molecule has 0 aliphatic rings. The summed E-state index contributed by atoms with van der Waals surface area (Å²) in [6.45, 7) is 6.85. The Morgan fingerprint density at radius 1 is 1.09 bits per heavy atom. The highest BCUT2D eigenvalue weighted by molar-refractivity contribution is 5.98. The molecular formula is C19H31N2O+. The van der Waals surface area contributed by atoms with Crippen LogP contribution in [0.3, 0.4) is 0 Å². The number of benzene rings is 1. The molecule has 22 heavy (non-hydrogen) atoms. The van der Waals surface area contributed by atoms with E-state index in [1.165, 1.54) is 50.3 Å². The van der Waals surface area contributed by atoms with E-state index >= 15 is 0 Å². The molecule has 1 rings (SSSR count). The predicted octanol–water partition coefficient (Wildman–Crippen LogP) is 4.74. The molecule has 122 valence electrons. The van der Waals surface area contributed by atoms with Crippen LogP contribution >= 0.6 is 0 Å². The molecule has 1 amide bonds. The first-order valence-electron chi connectivity index (χ1n) is 8.36. The van der Waals surface area contributed by atoms with Crippen molar-refractivity contribution in [1.82, 2.24) is 4.48 Å². The van der Waals surface area contributed by atoms with Gasteiger partial charge in [0, 0.05) is 17.8 Å². The Labute approximate surface area is 135 Å². The number of amides is 1. The van der Waals surface area contributed by atoms with Crippen LogP contribution < -0.4 is 9.80 Å². The van der Waals surface area contributed by atoms with E-state index < -0.39 is 0 Å². The number of hydrogen-bond donors (Lipinski definition) is 1. The van der Waals surface area contributed by atoms with Gasteiger partial charge < -0.3 is 5.32 Å². The Morgan fingerprint density at radius 3 is 2.27 bits per heavy atom. The average Bonchev–Trinajstić information content (AvgIpc) is 2.51. The van der Waals surface area contributed by atoms with Gasteiger partial charge in [0.2, 0.25) is 5.91 Å². The van der Waals surface area contributed by atoms with Gasteiger partial charge in [-0.05, 0) is 31.1 Å². The standard InChI is InChI=1S/C19H30N2O/c1-5-7-8-9-10-11-16-21(3,4)18-14-12-17(13-15-18)20-19(22)6-2/h6,12-15H,2,5,7-11,16H2,1,3-4H3/p+1. The third-order valence-corrected chi connectivity index (χ3v) is 4.09. The minimum atomic E-state index is -0.173. The van der Waals surface area contributed by atoms with Crippen LogP contribution in [0.5, 0.6) is 0 Å². The second kappa shape index (κ2) is 9.42. The van der Waals surface area contributed by atoms with Crippen molar-refractivity contribution < 1.29 is 4.79 Å².